The molecule has 8 heteroatoms. The Labute approximate surface area is 213 Å². The van der Waals surface area contributed by atoms with Gasteiger partial charge in [-0.2, -0.15) is 0 Å². The van der Waals surface area contributed by atoms with Gasteiger partial charge in [0.05, 0.1) is 28.2 Å². The Morgan fingerprint density at radius 1 is 1.20 bits per heavy atom. The molecule has 35 heavy (non-hydrogen) atoms. The molecule has 0 radical (unpaired) electrons. The van der Waals surface area contributed by atoms with E-state index in [0.717, 1.165) is 21.7 Å². The number of carbonyl (C=O) groups is 2. The lowest BCUT2D eigenvalue weighted by Crippen LogP contribution is -2.58. The number of rotatable bonds is 8. The van der Waals surface area contributed by atoms with Crippen LogP contribution < -0.4 is 10.6 Å². The van der Waals surface area contributed by atoms with E-state index in [1.165, 1.54) is 0 Å². The van der Waals surface area contributed by atoms with Gasteiger partial charge < -0.3 is 20.6 Å². The van der Waals surface area contributed by atoms with E-state index in [4.69, 9.17) is 0 Å². The van der Waals surface area contributed by atoms with Crippen molar-refractivity contribution in [2.45, 2.75) is 85.7 Å². The zero-order valence-corrected chi connectivity index (χ0v) is 22.8. The van der Waals surface area contributed by atoms with E-state index in [2.05, 4.69) is 36.4 Å². The SMILES string of the molecule is Cc1ncsc1-c1ccc(CNC(=O)C2C[C@@H](O)CN2C(=O)C(NC(C)C(C)C)C(C)(C)C)cc1. The molecular formula is C27H40N4O3S. The monoisotopic (exact) mass is 500 g/mol. The van der Waals surface area contributed by atoms with Gasteiger partial charge in [-0.25, -0.2) is 4.98 Å². The molecule has 1 aromatic heterocycles. The zero-order chi connectivity index (χ0) is 25.9. The number of aryl methyl sites for hydroxylation is 1. The van der Waals surface area contributed by atoms with Crippen LogP contribution in [0.5, 0.6) is 0 Å². The van der Waals surface area contributed by atoms with Crippen LogP contribution in [0.25, 0.3) is 10.4 Å². The summed E-state index contributed by atoms with van der Waals surface area (Å²) in [6, 6.07) is 7.06. The fraction of sp³-hybridized carbons (Fsp3) is 0.593. The van der Waals surface area contributed by atoms with Gasteiger partial charge >= 0.3 is 0 Å². The molecule has 7 nitrogen and oxygen atoms in total. The minimum absolute atomic E-state index is 0.133. The molecule has 2 aromatic rings. The molecule has 0 aliphatic carbocycles. The van der Waals surface area contributed by atoms with Crippen LogP contribution in [0.3, 0.4) is 0 Å². The van der Waals surface area contributed by atoms with Crippen molar-refractivity contribution in [2.75, 3.05) is 6.54 Å². The number of aliphatic hydroxyl groups excluding tert-OH is 1. The summed E-state index contributed by atoms with van der Waals surface area (Å²) < 4.78 is 0. The van der Waals surface area contributed by atoms with Crippen molar-refractivity contribution in [3.8, 4) is 10.4 Å². The number of β-amino-alcohol motifs (C(OH)–C–C–N with tert-alkyl or cyclic N) is 1. The molecule has 1 aliphatic heterocycles. The van der Waals surface area contributed by atoms with Crippen molar-refractivity contribution in [1.82, 2.24) is 20.5 Å². The Morgan fingerprint density at radius 3 is 2.40 bits per heavy atom. The average Bonchev–Trinajstić information content (AvgIpc) is 3.40. The number of thiazole rings is 1. The molecule has 0 spiro atoms. The Bertz CT molecular complexity index is 1010. The van der Waals surface area contributed by atoms with E-state index >= 15 is 0 Å². The normalized spacial score (nSPS) is 20.2. The van der Waals surface area contributed by atoms with Crippen LogP contribution in [0.4, 0.5) is 0 Å². The molecule has 4 atom stereocenters. The Balaban J connectivity index is 1.68. The van der Waals surface area contributed by atoms with E-state index in [9.17, 15) is 14.7 Å². The number of benzene rings is 1. The van der Waals surface area contributed by atoms with E-state index < -0.39 is 18.2 Å². The van der Waals surface area contributed by atoms with Gasteiger partial charge in [-0.3, -0.25) is 9.59 Å². The number of amides is 2. The van der Waals surface area contributed by atoms with Crippen molar-refractivity contribution in [3.05, 3.63) is 41.0 Å². The molecule has 1 aliphatic rings. The van der Waals surface area contributed by atoms with Crippen LogP contribution in [-0.4, -0.2) is 57.6 Å². The first-order valence-corrected chi connectivity index (χ1v) is 13.3. The third kappa shape index (κ3) is 6.68. The summed E-state index contributed by atoms with van der Waals surface area (Å²) in [4.78, 5) is 33.8. The zero-order valence-electron chi connectivity index (χ0n) is 22.0. The average molecular weight is 501 g/mol. The minimum atomic E-state index is -0.709. The predicted octanol–water partition coefficient (Wildman–Crippen LogP) is 3.75. The topological polar surface area (TPSA) is 94.6 Å². The van der Waals surface area contributed by atoms with E-state index in [1.54, 1.807) is 16.2 Å². The van der Waals surface area contributed by atoms with Gasteiger partial charge in [-0.15, -0.1) is 11.3 Å². The van der Waals surface area contributed by atoms with Gasteiger partial charge in [0, 0.05) is 25.6 Å². The van der Waals surface area contributed by atoms with Gasteiger partial charge in [-0.05, 0) is 36.3 Å². The third-order valence-corrected chi connectivity index (χ3v) is 7.81. The van der Waals surface area contributed by atoms with Crippen LogP contribution in [-0.2, 0) is 16.1 Å². The number of carbonyl (C=O) groups excluding carboxylic acids is 2. The predicted molar refractivity (Wildman–Crippen MR) is 141 cm³/mol. The molecule has 3 rings (SSSR count). The summed E-state index contributed by atoms with van der Waals surface area (Å²) in [6.07, 6.45) is -0.461. The smallest absolute Gasteiger partial charge is 0.243 e. The summed E-state index contributed by atoms with van der Waals surface area (Å²) >= 11 is 1.61. The lowest BCUT2D eigenvalue weighted by molar-refractivity contribution is -0.142. The van der Waals surface area contributed by atoms with Crippen LogP contribution in [0, 0.1) is 18.3 Å². The molecule has 3 N–H and O–H groups in total. The van der Waals surface area contributed by atoms with Crippen molar-refractivity contribution >= 4 is 23.2 Å². The van der Waals surface area contributed by atoms with Crippen molar-refractivity contribution in [3.63, 3.8) is 0 Å². The fourth-order valence-corrected chi connectivity index (χ4v) is 5.09. The van der Waals surface area contributed by atoms with Crippen molar-refractivity contribution in [2.24, 2.45) is 11.3 Å². The van der Waals surface area contributed by atoms with Crippen LogP contribution >= 0.6 is 11.3 Å². The summed E-state index contributed by atoms with van der Waals surface area (Å²) in [5, 5.41) is 16.8. The summed E-state index contributed by atoms with van der Waals surface area (Å²) in [5.74, 6) is -0.00452. The highest BCUT2D eigenvalue weighted by Crippen LogP contribution is 2.28. The van der Waals surface area contributed by atoms with E-state index in [1.807, 2.05) is 57.5 Å². The lowest BCUT2D eigenvalue weighted by atomic mass is 9.84. The van der Waals surface area contributed by atoms with Crippen molar-refractivity contribution < 1.29 is 14.7 Å². The van der Waals surface area contributed by atoms with E-state index in [-0.39, 0.29) is 36.2 Å². The molecule has 0 saturated carbocycles. The number of likely N-dealkylation sites (tertiary alicyclic amines) is 1. The van der Waals surface area contributed by atoms with Crippen LogP contribution in [0.1, 0.15) is 59.2 Å². The van der Waals surface area contributed by atoms with Gasteiger partial charge in [0.25, 0.3) is 0 Å². The maximum Gasteiger partial charge on any atom is 0.243 e. The molecule has 1 fully saturated rings. The summed E-state index contributed by atoms with van der Waals surface area (Å²) in [5.41, 5.74) is 4.58. The number of nitrogens with one attached hydrogen (secondary N) is 2. The first-order chi connectivity index (χ1) is 16.4. The first-order valence-electron chi connectivity index (χ1n) is 12.4. The van der Waals surface area contributed by atoms with Gasteiger partial charge in [0.2, 0.25) is 11.8 Å². The molecular weight excluding hydrogens is 460 g/mol. The van der Waals surface area contributed by atoms with Gasteiger partial charge in [-0.1, -0.05) is 58.9 Å². The summed E-state index contributed by atoms with van der Waals surface area (Å²) in [7, 11) is 0. The Morgan fingerprint density at radius 2 is 1.86 bits per heavy atom. The Hall–Kier alpha value is -2.29. The lowest BCUT2D eigenvalue weighted by Gasteiger charge is -2.37. The highest BCUT2D eigenvalue weighted by atomic mass is 32.1. The maximum atomic E-state index is 13.6. The molecule has 2 heterocycles. The number of aromatic nitrogens is 1. The number of hydrogen-bond donors (Lipinski definition) is 3. The maximum absolute atomic E-state index is 13.6. The standard InChI is InChI=1S/C27H40N4O3S/c1-16(2)17(3)30-24(27(5,6)7)26(34)31-14-21(32)12-22(31)25(33)28-13-19-8-10-20(11-9-19)23-18(4)29-15-35-23/h8-11,15-17,21-22,24,30,32H,12-14H2,1-7H3,(H,28,33)/t17?,21-,22?,24?/m1/s1. The second kappa shape index (κ2) is 11.2. The van der Waals surface area contributed by atoms with Gasteiger partial charge in [0.1, 0.15) is 6.04 Å². The minimum Gasteiger partial charge on any atom is -0.391 e. The van der Waals surface area contributed by atoms with Crippen LogP contribution in [0.15, 0.2) is 29.8 Å². The third-order valence-electron chi connectivity index (χ3n) is 6.84. The second-order valence-corrected chi connectivity index (χ2v) is 11.9. The van der Waals surface area contributed by atoms with Crippen LogP contribution in [0.2, 0.25) is 0 Å². The number of hydrogen-bond acceptors (Lipinski definition) is 6. The molecule has 1 saturated heterocycles. The Kier molecular flexibility index (Phi) is 8.72. The number of nitrogens with zero attached hydrogens (tertiary/aromatic N) is 2. The summed E-state index contributed by atoms with van der Waals surface area (Å²) in [6.45, 7) is 14.9. The number of aliphatic hydroxyl groups is 1. The molecule has 3 unspecified atom stereocenters. The largest absolute Gasteiger partial charge is 0.391 e. The highest BCUT2D eigenvalue weighted by Gasteiger charge is 2.44. The molecule has 2 amide bonds. The molecule has 0 bridgehead atoms. The van der Waals surface area contributed by atoms with Gasteiger partial charge in [0.15, 0.2) is 0 Å². The van der Waals surface area contributed by atoms with E-state index in [0.29, 0.717) is 12.5 Å². The highest BCUT2D eigenvalue weighted by molar-refractivity contribution is 7.13. The molecule has 192 valence electrons. The first kappa shape index (κ1) is 27.3. The van der Waals surface area contributed by atoms with Crippen molar-refractivity contribution in [1.29, 1.82) is 0 Å². The molecule has 1 aromatic carbocycles. The second-order valence-electron chi connectivity index (χ2n) is 11.1. The fourth-order valence-electron chi connectivity index (χ4n) is 4.28. The quantitative estimate of drug-likeness (QED) is 0.513.